The Labute approximate surface area is 287 Å². The molecule has 0 N–H and O–H groups in total. The fraction of sp³-hybridized carbons (Fsp3) is 0. The largest absolute Gasteiger partial charge is 0.456 e. The van der Waals surface area contributed by atoms with E-state index in [1.807, 2.05) is 23.5 Å². The molecule has 49 heavy (non-hydrogen) atoms. The number of thiophene rings is 1. The van der Waals surface area contributed by atoms with E-state index in [2.05, 4.69) is 169 Å². The van der Waals surface area contributed by atoms with Crippen molar-refractivity contribution in [3.05, 3.63) is 176 Å². The molecule has 0 aliphatic carbocycles. The van der Waals surface area contributed by atoms with Crippen LogP contribution in [0.3, 0.4) is 0 Å². The second-order valence-corrected chi connectivity index (χ2v) is 13.5. The van der Waals surface area contributed by atoms with Gasteiger partial charge in [-0.2, -0.15) is 0 Å². The van der Waals surface area contributed by atoms with Gasteiger partial charge in [0.05, 0.1) is 0 Å². The van der Waals surface area contributed by atoms with E-state index < -0.39 is 0 Å². The maximum atomic E-state index is 6.34. The van der Waals surface area contributed by atoms with Gasteiger partial charge < -0.3 is 9.32 Å². The number of nitrogens with zero attached hydrogens (tertiary/aromatic N) is 1. The fourth-order valence-corrected chi connectivity index (χ4v) is 8.65. The summed E-state index contributed by atoms with van der Waals surface area (Å²) < 4.78 is 9.01. The SMILES string of the molecule is c1ccc(-c2ccc(N(c3ccc(-c4cccc5c4sc4c6ccccc6ccc54)cc3)c3ccc4c(c3)oc3ccccc34)cc2)cc1. The molecule has 0 radical (unpaired) electrons. The van der Waals surface area contributed by atoms with Gasteiger partial charge in [0, 0.05) is 54.1 Å². The Bertz CT molecular complexity index is 2810. The maximum absolute atomic E-state index is 6.34. The summed E-state index contributed by atoms with van der Waals surface area (Å²) in [6, 6.07) is 63.1. The fourth-order valence-electron chi connectivity index (χ4n) is 7.28. The van der Waals surface area contributed by atoms with Gasteiger partial charge in [-0.25, -0.2) is 0 Å². The predicted molar refractivity (Wildman–Crippen MR) is 210 cm³/mol. The highest BCUT2D eigenvalue weighted by Gasteiger charge is 2.17. The molecule has 10 aromatic rings. The average molecular weight is 644 g/mol. The molecule has 0 atom stereocenters. The van der Waals surface area contributed by atoms with E-state index in [0.29, 0.717) is 0 Å². The van der Waals surface area contributed by atoms with E-state index in [4.69, 9.17) is 4.42 Å². The third-order valence-electron chi connectivity index (χ3n) is 9.68. The molecule has 0 aliphatic heterocycles. The quantitative estimate of drug-likeness (QED) is 0.186. The molecule has 2 heterocycles. The lowest BCUT2D eigenvalue weighted by Gasteiger charge is -2.26. The highest BCUT2D eigenvalue weighted by molar-refractivity contribution is 7.27. The van der Waals surface area contributed by atoms with Crippen molar-refractivity contribution in [1.29, 1.82) is 0 Å². The molecule has 10 rings (SSSR count). The smallest absolute Gasteiger partial charge is 0.137 e. The van der Waals surface area contributed by atoms with E-state index in [1.165, 1.54) is 53.2 Å². The molecule has 230 valence electrons. The van der Waals surface area contributed by atoms with Gasteiger partial charge in [0.2, 0.25) is 0 Å². The molecule has 8 aromatic carbocycles. The van der Waals surface area contributed by atoms with E-state index >= 15 is 0 Å². The third kappa shape index (κ3) is 4.62. The van der Waals surface area contributed by atoms with Crippen LogP contribution < -0.4 is 4.90 Å². The molecule has 3 heteroatoms. The van der Waals surface area contributed by atoms with E-state index in [9.17, 15) is 0 Å². The minimum absolute atomic E-state index is 0.880. The summed E-state index contributed by atoms with van der Waals surface area (Å²) in [5.41, 5.74) is 9.86. The van der Waals surface area contributed by atoms with Crippen molar-refractivity contribution >= 4 is 81.3 Å². The lowest BCUT2D eigenvalue weighted by Crippen LogP contribution is -2.09. The first-order valence-electron chi connectivity index (χ1n) is 16.6. The summed E-state index contributed by atoms with van der Waals surface area (Å²) in [4.78, 5) is 2.32. The highest BCUT2D eigenvalue weighted by Crippen LogP contribution is 2.44. The first-order chi connectivity index (χ1) is 24.3. The van der Waals surface area contributed by atoms with Crippen molar-refractivity contribution in [2.75, 3.05) is 4.90 Å². The minimum atomic E-state index is 0.880. The van der Waals surface area contributed by atoms with Gasteiger partial charge in [0.25, 0.3) is 0 Å². The molecular formula is C46H29NOS. The minimum Gasteiger partial charge on any atom is -0.456 e. The predicted octanol–water partition coefficient (Wildman–Crippen LogP) is 13.9. The number of benzene rings is 8. The molecule has 0 fully saturated rings. The summed E-state index contributed by atoms with van der Waals surface area (Å²) in [5.74, 6) is 0. The average Bonchev–Trinajstić information content (AvgIpc) is 3.74. The Morgan fingerprint density at radius 2 is 0.959 bits per heavy atom. The second-order valence-electron chi connectivity index (χ2n) is 12.5. The summed E-state index contributed by atoms with van der Waals surface area (Å²) in [7, 11) is 0. The van der Waals surface area contributed by atoms with Crippen LogP contribution in [0.25, 0.3) is 75.1 Å². The molecule has 0 unspecified atom stereocenters. The standard InChI is InChI=1S/C46H29NOS/c1-2-9-30(10-3-1)31-17-22-34(23-18-31)47(36-26-28-40-39-13-6-7-16-43(39)48-44(40)29-36)35-24-19-33(20-25-35)38-14-8-15-41-42-27-21-32-11-4-5-12-37(32)46(42)49-45(38)41/h1-29H. The first kappa shape index (κ1) is 27.9. The molecule has 2 nitrogen and oxygen atoms in total. The van der Waals surface area contributed by atoms with Crippen LogP contribution in [0.2, 0.25) is 0 Å². The van der Waals surface area contributed by atoms with Gasteiger partial charge >= 0.3 is 0 Å². The summed E-state index contributed by atoms with van der Waals surface area (Å²) >= 11 is 1.90. The molecule has 0 spiro atoms. The summed E-state index contributed by atoms with van der Waals surface area (Å²) in [6.07, 6.45) is 0. The summed E-state index contributed by atoms with van der Waals surface area (Å²) in [6.45, 7) is 0. The number of furan rings is 1. The number of rotatable bonds is 5. The van der Waals surface area contributed by atoms with Crippen LogP contribution in [0.15, 0.2) is 180 Å². The zero-order chi connectivity index (χ0) is 32.3. The Balaban J connectivity index is 1.09. The van der Waals surface area contributed by atoms with Crippen LogP contribution in [0.5, 0.6) is 0 Å². The van der Waals surface area contributed by atoms with Crippen LogP contribution >= 0.6 is 11.3 Å². The Morgan fingerprint density at radius 3 is 1.78 bits per heavy atom. The lowest BCUT2D eigenvalue weighted by molar-refractivity contribution is 0.669. The Morgan fingerprint density at radius 1 is 0.367 bits per heavy atom. The van der Waals surface area contributed by atoms with Crippen LogP contribution in [-0.4, -0.2) is 0 Å². The van der Waals surface area contributed by atoms with Crippen molar-refractivity contribution < 1.29 is 4.42 Å². The van der Waals surface area contributed by atoms with Gasteiger partial charge in [0.15, 0.2) is 0 Å². The molecule has 2 aromatic heterocycles. The first-order valence-corrected chi connectivity index (χ1v) is 17.4. The number of hydrogen-bond donors (Lipinski definition) is 0. The van der Waals surface area contributed by atoms with Gasteiger partial charge in [-0.05, 0) is 75.5 Å². The number of para-hydroxylation sites is 1. The zero-order valence-electron chi connectivity index (χ0n) is 26.5. The molecular weight excluding hydrogens is 615 g/mol. The Kier molecular flexibility index (Phi) is 6.39. The van der Waals surface area contributed by atoms with E-state index in [-0.39, 0.29) is 0 Å². The van der Waals surface area contributed by atoms with Crippen molar-refractivity contribution in [3.63, 3.8) is 0 Å². The Hall–Kier alpha value is -6.16. The zero-order valence-corrected chi connectivity index (χ0v) is 27.3. The van der Waals surface area contributed by atoms with E-state index in [1.54, 1.807) is 0 Å². The highest BCUT2D eigenvalue weighted by atomic mass is 32.1. The van der Waals surface area contributed by atoms with Gasteiger partial charge in [-0.15, -0.1) is 11.3 Å². The monoisotopic (exact) mass is 643 g/mol. The normalized spacial score (nSPS) is 11.7. The lowest BCUT2D eigenvalue weighted by atomic mass is 10.0. The molecule has 0 amide bonds. The van der Waals surface area contributed by atoms with Crippen molar-refractivity contribution in [2.24, 2.45) is 0 Å². The van der Waals surface area contributed by atoms with Crippen molar-refractivity contribution in [2.45, 2.75) is 0 Å². The summed E-state index contributed by atoms with van der Waals surface area (Å²) in [5, 5.41) is 7.49. The third-order valence-corrected chi connectivity index (χ3v) is 11.0. The molecule has 0 bridgehead atoms. The van der Waals surface area contributed by atoms with Crippen LogP contribution in [0.1, 0.15) is 0 Å². The molecule has 0 saturated heterocycles. The number of anilines is 3. The van der Waals surface area contributed by atoms with Crippen LogP contribution in [0.4, 0.5) is 17.1 Å². The van der Waals surface area contributed by atoms with Crippen LogP contribution in [-0.2, 0) is 0 Å². The van der Waals surface area contributed by atoms with Gasteiger partial charge in [0.1, 0.15) is 11.2 Å². The van der Waals surface area contributed by atoms with Crippen LogP contribution in [0, 0.1) is 0 Å². The number of hydrogen-bond acceptors (Lipinski definition) is 3. The topological polar surface area (TPSA) is 16.4 Å². The van der Waals surface area contributed by atoms with Gasteiger partial charge in [-0.3, -0.25) is 0 Å². The second kappa shape index (κ2) is 11.2. The van der Waals surface area contributed by atoms with Crippen molar-refractivity contribution in [1.82, 2.24) is 0 Å². The van der Waals surface area contributed by atoms with Gasteiger partial charge in [-0.1, -0.05) is 127 Å². The molecule has 0 aliphatic rings. The van der Waals surface area contributed by atoms with Crippen molar-refractivity contribution in [3.8, 4) is 22.3 Å². The molecule has 0 saturated carbocycles. The maximum Gasteiger partial charge on any atom is 0.137 e. The van der Waals surface area contributed by atoms with E-state index in [0.717, 1.165) is 39.0 Å². The number of fused-ring (bicyclic) bond motifs is 8.